The standard InChI is InChI=1S/C29H28Cl2N4O2/c30-21-9-11-23(12-10-21)35-20-27(25-7-1-2-8-26(25)29(35)37)28(36)32-13-4-14-33-15-17-34(18-16-33)24-6-3-5-22(31)19-24/h1-3,5-12,19-20H,4,13-18H2,(H,32,36). The van der Waals surface area contributed by atoms with Gasteiger partial charge in [-0.2, -0.15) is 0 Å². The minimum atomic E-state index is -0.190. The Kier molecular flexibility index (Phi) is 7.79. The molecule has 1 aromatic heterocycles. The van der Waals surface area contributed by atoms with Gasteiger partial charge in [0.15, 0.2) is 0 Å². The van der Waals surface area contributed by atoms with Crippen LogP contribution in [0, 0.1) is 0 Å². The first-order chi connectivity index (χ1) is 18.0. The first kappa shape index (κ1) is 25.3. The fourth-order valence-corrected chi connectivity index (χ4v) is 5.08. The van der Waals surface area contributed by atoms with Gasteiger partial charge in [-0.3, -0.25) is 19.1 Å². The minimum absolute atomic E-state index is 0.175. The van der Waals surface area contributed by atoms with Crippen molar-refractivity contribution in [3.8, 4) is 5.69 Å². The van der Waals surface area contributed by atoms with E-state index in [1.807, 2.05) is 36.4 Å². The van der Waals surface area contributed by atoms with Gasteiger partial charge in [0.05, 0.1) is 5.56 Å². The summed E-state index contributed by atoms with van der Waals surface area (Å²) < 4.78 is 1.51. The fourth-order valence-electron chi connectivity index (χ4n) is 4.77. The van der Waals surface area contributed by atoms with Gasteiger partial charge in [0, 0.05) is 71.1 Å². The van der Waals surface area contributed by atoms with Crippen molar-refractivity contribution in [2.24, 2.45) is 0 Å². The number of piperazine rings is 1. The van der Waals surface area contributed by atoms with Crippen molar-refractivity contribution in [3.63, 3.8) is 0 Å². The molecule has 0 saturated carbocycles. The highest BCUT2D eigenvalue weighted by molar-refractivity contribution is 6.31. The third-order valence-electron chi connectivity index (χ3n) is 6.76. The van der Waals surface area contributed by atoms with Crippen molar-refractivity contribution >= 4 is 45.6 Å². The number of carbonyl (C=O) groups excluding carboxylic acids is 1. The van der Waals surface area contributed by atoms with Crippen molar-refractivity contribution in [1.82, 2.24) is 14.8 Å². The number of rotatable bonds is 7. The van der Waals surface area contributed by atoms with Crippen LogP contribution in [0.15, 0.2) is 83.8 Å². The summed E-state index contributed by atoms with van der Waals surface area (Å²) in [5, 5.41) is 5.54. The summed E-state index contributed by atoms with van der Waals surface area (Å²) in [6.45, 7) is 5.31. The lowest BCUT2D eigenvalue weighted by atomic mass is 10.1. The fraction of sp³-hybridized carbons (Fsp3) is 0.241. The molecule has 0 bridgehead atoms. The molecule has 2 heterocycles. The van der Waals surface area contributed by atoms with Crippen LogP contribution in [0.3, 0.4) is 0 Å². The summed E-state index contributed by atoms with van der Waals surface area (Å²) in [6.07, 6.45) is 2.47. The summed E-state index contributed by atoms with van der Waals surface area (Å²) in [7, 11) is 0. The van der Waals surface area contributed by atoms with Gasteiger partial charge in [-0.15, -0.1) is 0 Å². The van der Waals surface area contributed by atoms with Crippen molar-refractivity contribution in [2.75, 3.05) is 44.2 Å². The number of anilines is 1. The number of nitrogens with zero attached hydrogens (tertiary/aromatic N) is 3. The zero-order valence-electron chi connectivity index (χ0n) is 20.4. The van der Waals surface area contributed by atoms with E-state index < -0.39 is 0 Å². The molecule has 0 atom stereocenters. The van der Waals surface area contributed by atoms with Crippen LogP contribution < -0.4 is 15.8 Å². The van der Waals surface area contributed by atoms with Crippen LogP contribution in [0.1, 0.15) is 16.8 Å². The largest absolute Gasteiger partial charge is 0.369 e. The zero-order chi connectivity index (χ0) is 25.8. The topological polar surface area (TPSA) is 57.6 Å². The molecule has 8 heteroatoms. The van der Waals surface area contributed by atoms with E-state index in [4.69, 9.17) is 23.2 Å². The Labute approximate surface area is 226 Å². The molecule has 4 aromatic rings. The van der Waals surface area contributed by atoms with Crippen molar-refractivity contribution in [2.45, 2.75) is 6.42 Å². The first-order valence-corrected chi connectivity index (χ1v) is 13.2. The summed E-state index contributed by atoms with van der Waals surface area (Å²) in [6, 6.07) is 22.2. The van der Waals surface area contributed by atoms with Crippen molar-refractivity contribution in [1.29, 1.82) is 0 Å². The van der Waals surface area contributed by atoms with Gasteiger partial charge in [0.25, 0.3) is 11.5 Å². The van der Waals surface area contributed by atoms with Gasteiger partial charge in [-0.25, -0.2) is 0 Å². The maximum Gasteiger partial charge on any atom is 0.262 e. The van der Waals surface area contributed by atoms with Crippen molar-refractivity contribution < 1.29 is 4.79 Å². The van der Waals surface area contributed by atoms with E-state index in [0.717, 1.165) is 49.9 Å². The third-order valence-corrected chi connectivity index (χ3v) is 7.24. The number of fused-ring (bicyclic) bond motifs is 1. The molecule has 0 radical (unpaired) electrons. The molecule has 1 amide bonds. The summed E-state index contributed by atoms with van der Waals surface area (Å²) in [5.41, 5.74) is 2.12. The number of pyridine rings is 1. The van der Waals surface area contributed by atoms with E-state index >= 15 is 0 Å². The molecule has 1 saturated heterocycles. The second-order valence-corrected chi connectivity index (χ2v) is 10.0. The Morgan fingerprint density at radius 2 is 1.54 bits per heavy atom. The normalized spacial score (nSPS) is 14.2. The highest BCUT2D eigenvalue weighted by Crippen LogP contribution is 2.21. The second-order valence-electron chi connectivity index (χ2n) is 9.16. The lowest BCUT2D eigenvalue weighted by Crippen LogP contribution is -2.47. The number of amides is 1. The quantitative estimate of drug-likeness (QED) is 0.329. The Bertz CT molecular complexity index is 1460. The molecule has 1 N–H and O–H groups in total. The molecule has 37 heavy (non-hydrogen) atoms. The molecular formula is C29H28Cl2N4O2. The Morgan fingerprint density at radius 1 is 0.811 bits per heavy atom. The predicted molar refractivity (Wildman–Crippen MR) is 152 cm³/mol. The van der Waals surface area contributed by atoms with Crippen LogP contribution in [0.5, 0.6) is 0 Å². The van der Waals surface area contributed by atoms with Gasteiger partial charge in [-0.1, -0.05) is 47.5 Å². The van der Waals surface area contributed by atoms with Gasteiger partial charge >= 0.3 is 0 Å². The number of aromatic nitrogens is 1. The smallest absolute Gasteiger partial charge is 0.262 e. The van der Waals surface area contributed by atoms with Gasteiger partial charge in [0.1, 0.15) is 0 Å². The van der Waals surface area contributed by atoms with Crippen LogP contribution in [0.25, 0.3) is 16.5 Å². The molecule has 190 valence electrons. The van der Waals surface area contributed by atoms with Crippen LogP contribution in [-0.4, -0.2) is 54.6 Å². The summed E-state index contributed by atoms with van der Waals surface area (Å²) in [4.78, 5) is 31.1. The molecule has 1 aliphatic rings. The number of halogens is 2. The van der Waals surface area contributed by atoms with Crippen LogP contribution in [-0.2, 0) is 0 Å². The molecule has 5 rings (SSSR count). The van der Waals surface area contributed by atoms with Crippen LogP contribution in [0.4, 0.5) is 5.69 Å². The maximum atomic E-state index is 13.2. The molecule has 1 fully saturated rings. The number of hydrogen-bond acceptors (Lipinski definition) is 4. The van der Waals surface area contributed by atoms with E-state index in [-0.39, 0.29) is 11.5 Å². The van der Waals surface area contributed by atoms with Gasteiger partial charge in [0.2, 0.25) is 0 Å². The molecular weight excluding hydrogens is 507 g/mol. The number of benzene rings is 3. The molecule has 0 aliphatic carbocycles. The Morgan fingerprint density at radius 3 is 2.27 bits per heavy atom. The minimum Gasteiger partial charge on any atom is -0.369 e. The average molecular weight is 535 g/mol. The van der Waals surface area contributed by atoms with E-state index in [0.29, 0.717) is 33.6 Å². The lowest BCUT2D eigenvalue weighted by molar-refractivity contribution is 0.0952. The van der Waals surface area contributed by atoms with E-state index in [2.05, 4.69) is 21.2 Å². The van der Waals surface area contributed by atoms with E-state index in [1.54, 1.807) is 36.5 Å². The molecule has 1 aliphatic heterocycles. The molecule has 6 nitrogen and oxygen atoms in total. The summed E-state index contributed by atoms with van der Waals surface area (Å²) >= 11 is 12.2. The van der Waals surface area contributed by atoms with Gasteiger partial charge < -0.3 is 10.2 Å². The Balaban J connectivity index is 1.21. The zero-order valence-corrected chi connectivity index (χ0v) is 21.9. The average Bonchev–Trinajstić information content (AvgIpc) is 2.92. The molecule has 0 unspecified atom stereocenters. The molecule has 0 spiro atoms. The second kappa shape index (κ2) is 11.4. The monoisotopic (exact) mass is 534 g/mol. The summed E-state index contributed by atoms with van der Waals surface area (Å²) in [5.74, 6) is -0.190. The lowest BCUT2D eigenvalue weighted by Gasteiger charge is -2.36. The van der Waals surface area contributed by atoms with E-state index in [9.17, 15) is 9.59 Å². The highest BCUT2D eigenvalue weighted by atomic mass is 35.5. The maximum absolute atomic E-state index is 13.2. The SMILES string of the molecule is O=C(NCCCN1CCN(c2cccc(Cl)c2)CC1)c1cn(-c2ccc(Cl)cc2)c(=O)c2ccccc12. The first-order valence-electron chi connectivity index (χ1n) is 12.4. The third kappa shape index (κ3) is 5.82. The Hall–Kier alpha value is -3.32. The number of carbonyl (C=O) groups is 1. The van der Waals surface area contributed by atoms with Crippen LogP contribution in [0.2, 0.25) is 10.0 Å². The van der Waals surface area contributed by atoms with Crippen molar-refractivity contribution in [3.05, 3.63) is 105 Å². The highest BCUT2D eigenvalue weighted by Gasteiger charge is 2.18. The molecule has 3 aromatic carbocycles. The van der Waals surface area contributed by atoms with Crippen LogP contribution >= 0.6 is 23.2 Å². The van der Waals surface area contributed by atoms with Gasteiger partial charge in [-0.05, 0) is 61.5 Å². The number of hydrogen-bond donors (Lipinski definition) is 1. The number of nitrogens with one attached hydrogen (secondary N) is 1. The van der Waals surface area contributed by atoms with E-state index in [1.165, 1.54) is 4.57 Å². The predicted octanol–water partition coefficient (Wildman–Crippen LogP) is 5.24.